The minimum atomic E-state index is -0.988. The van der Waals surface area contributed by atoms with Gasteiger partial charge >= 0.3 is 5.97 Å². The Morgan fingerprint density at radius 1 is 1.29 bits per heavy atom. The van der Waals surface area contributed by atoms with Crippen molar-refractivity contribution in [2.75, 3.05) is 0 Å². The molecule has 0 unspecified atom stereocenters. The molecule has 0 rings (SSSR count). The summed E-state index contributed by atoms with van der Waals surface area (Å²) in [5.41, 5.74) is -0.625. The van der Waals surface area contributed by atoms with Gasteiger partial charge in [0.1, 0.15) is 0 Å². The van der Waals surface area contributed by atoms with Gasteiger partial charge in [-0.3, -0.25) is 0 Å². The van der Waals surface area contributed by atoms with Crippen LogP contribution in [0.5, 0.6) is 0 Å². The summed E-state index contributed by atoms with van der Waals surface area (Å²) in [7, 11) is -0.753. The molecule has 0 aromatic rings. The number of hydrogen-bond acceptors (Lipinski definition) is 2. The van der Waals surface area contributed by atoms with Gasteiger partial charge in [0, 0.05) is 0 Å². The molecular formula is C10H20O3Si. The van der Waals surface area contributed by atoms with Crippen LogP contribution in [0.25, 0.3) is 0 Å². The van der Waals surface area contributed by atoms with Crippen LogP contribution in [-0.4, -0.2) is 26.4 Å². The van der Waals surface area contributed by atoms with Crippen LogP contribution < -0.4 is 0 Å². The molecule has 0 radical (unpaired) electrons. The maximum Gasteiger partial charge on any atom is 0.333 e. The van der Waals surface area contributed by atoms with Crippen LogP contribution in [-0.2, 0) is 9.22 Å². The van der Waals surface area contributed by atoms with Gasteiger partial charge in [-0.2, -0.15) is 0 Å². The minimum Gasteiger partial charge on any atom is -0.478 e. The number of aliphatic carboxylic acids is 1. The lowest BCUT2D eigenvalue weighted by atomic mass is 10.0. The maximum absolute atomic E-state index is 10.7. The van der Waals surface area contributed by atoms with Crippen molar-refractivity contribution in [3.63, 3.8) is 0 Å². The predicted octanol–water partition coefficient (Wildman–Crippen LogP) is 1.72. The molecule has 0 spiro atoms. The van der Waals surface area contributed by atoms with Crippen LogP contribution >= 0.6 is 0 Å². The van der Waals surface area contributed by atoms with Crippen molar-refractivity contribution in [1.82, 2.24) is 0 Å². The van der Waals surface area contributed by atoms with E-state index in [0.717, 1.165) is 0 Å². The monoisotopic (exact) mass is 216 g/mol. The van der Waals surface area contributed by atoms with Crippen LogP contribution in [0.3, 0.4) is 0 Å². The Morgan fingerprint density at radius 2 is 1.71 bits per heavy atom. The fourth-order valence-electron chi connectivity index (χ4n) is 0.742. The van der Waals surface area contributed by atoms with Crippen molar-refractivity contribution in [1.29, 1.82) is 0 Å². The lowest BCUT2D eigenvalue weighted by Crippen LogP contribution is -2.34. The Hall–Kier alpha value is -0.613. The van der Waals surface area contributed by atoms with Crippen LogP contribution in [0.2, 0.25) is 5.04 Å². The Kier molecular flexibility index (Phi) is 4.09. The second kappa shape index (κ2) is 4.27. The summed E-state index contributed by atoms with van der Waals surface area (Å²) in [5, 5.41) is 8.95. The van der Waals surface area contributed by atoms with Crippen LogP contribution in [0.1, 0.15) is 34.6 Å². The maximum atomic E-state index is 10.7. The molecule has 82 valence electrons. The summed E-state index contributed by atoms with van der Waals surface area (Å²) >= 11 is 0. The summed E-state index contributed by atoms with van der Waals surface area (Å²) in [5.74, 6) is -0.988. The van der Waals surface area contributed by atoms with Gasteiger partial charge in [-0.25, -0.2) is 4.79 Å². The predicted molar refractivity (Wildman–Crippen MR) is 60.2 cm³/mol. The Labute approximate surface area is 88.1 Å². The Morgan fingerprint density at radius 3 is 2.00 bits per heavy atom. The molecule has 0 amide bonds. The van der Waals surface area contributed by atoms with E-state index in [-0.39, 0.29) is 10.6 Å². The molecule has 0 atom stereocenters. The molecule has 14 heavy (non-hydrogen) atoms. The summed E-state index contributed by atoms with van der Waals surface area (Å²) < 4.78 is 5.68. The highest BCUT2D eigenvalue weighted by Gasteiger charge is 2.29. The second-order valence-electron chi connectivity index (χ2n) is 5.14. The third-order valence-corrected chi connectivity index (χ3v) is 3.58. The Balaban J connectivity index is 4.35. The van der Waals surface area contributed by atoms with Crippen molar-refractivity contribution in [2.45, 2.75) is 45.3 Å². The first-order chi connectivity index (χ1) is 6.06. The molecule has 0 fully saturated rings. The van der Waals surface area contributed by atoms with Gasteiger partial charge in [-0.05, 0) is 18.9 Å². The quantitative estimate of drug-likeness (QED) is 0.575. The smallest absolute Gasteiger partial charge is 0.333 e. The largest absolute Gasteiger partial charge is 0.478 e. The fraction of sp³-hybridized carbons (Fsp3) is 0.700. The summed E-state index contributed by atoms with van der Waals surface area (Å²) in [6.45, 7) is 13.3. The molecular weight excluding hydrogens is 196 g/mol. The van der Waals surface area contributed by atoms with Gasteiger partial charge in [0.25, 0.3) is 0 Å². The van der Waals surface area contributed by atoms with E-state index in [2.05, 4.69) is 27.4 Å². The second-order valence-corrected chi connectivity index (χ2v) is 7.84. The van der Waals surface area contributed by atoms with Crippen LogP contribution in [0.15, 0.2) is 12.2 Å². The first kappa shape index (κ1) is 13.4. The molecule has 0 heterocycles. The van der Waals surface area contributed by atoms with Gasteiger partial charge in [-0.1, -0.05) is 27.4 Å². The van der Waals surface area contributed by atoms with Crippen molar-refractivity contribution >= 4 is 15.7 Å². The molecule has 0 aliphatic heterocycles. The summed E-state index contributed by atoms with van der Waals surface area (Å²) in [6, 6.07) is 0. The zero-order valence-corrected chi connectivity index (χ0v) is 11.1. The SMILES string of the molecule is C=C(C(=O)O)C(C)(C)O[SiH2]C(C)(C)C. The molecule has 0 aliphatic carbocycles. The summed E-state index contributed by atoms with van der Waals surface area (Å²) in [6.07, 6.45) is 0. The van der Waals surface area contributed by atoms with Gasteiger partial charge in [0.05, 0.1) is 11.2 Å². The molecule has 0 aliphatic rings. The van der Waals surface area contributed by atoms with Crippen LogP contribution in [0, 0.1) is 0 Å². The van der Waals surface area contributed by atoms with Gasteiger partial charge < -0.3 is 9.53 Å². The van der Waals surface area contributed by atoms with E-state index in [1.165, 1.54) is 0 Å². The highest BCUT2D eigenvalue weighted by Crippen LogP contribution is 2.26. The van der Waals surface area contributed by atoms with Crippen molar-refractivity contribution in [2.24, 2.45) is 0 Å². The number of carbonyl (C=O) groups is 1. The molecule has 0 bridgehead atoms. The average Bonchev–Trinajstić information content (AvgIpc) is 1.98. The molecule has 4 heteroatoms. The first-order valence-corrected chi connectivity index (χ1v) is 5.91. The van der Waals surface area contributed by atoms with E-state index >= 15 is 0 Å². The zero-order chi connectivity index (χ0) is 11.6. The number of rotatable bonds is 4. The third-order valence-electron chi connectivity index (χ3n) is 1.85. The lowest BCUT2D eigenvalue weighted by Gasteiger charge is -2.29. The van der Waals surface area contributed by atoms with E-state index < -0.39 is 21.3 Å². The van der Waals surface area contributed by atoms with Gasteiger partial charge in [0.15, 0.2) is 9.76 Å². The number of hydrogen-bond donors (Lipinski definition) is 1. The van der Waals surface area contributed by atoms with Crippen molar-refractivity contribution in [3.05, 3.63) is 12.2 Å². The number of carboxylic acids is 1. The normalized spacial score (nSPS) is 13.5. The molecule has 0 aromatic heterocycles. The number of carboxylic acid groups (broad SMARTS) is 1. The molecule has 0 saturated carbocycles. The van der Waals surface area contributed by atoms with E-state index in [1.54, 1.807) is 13.8 Å². The average molecular weight is 216 g/mol. The molecule has 3 nitrogen and oxygen atoms in total. The topological polar surface area (TPSA) is 46.5 Å². The first-order valence-electron chi connectivity index (χ1n) is 4.63. The van der Waals surface area contributed by atoms with Crippen molar-refractivity contribution in [3.8, 4) is 0 Å². The highest BCUT2D eigenvalue weighted by atomic mass is 28.2. The van der Waals surface area contributed by atoms with Gasteiger partial charge in [-0.15, -0.1) is 0 Å². The van der Waals surface area contributed by atoms with Gasteiger partial charge in [0.2, 0.25) is 0 Å². The minimum absolute atomic E-state index is 0.120. The molecule has 0 aromatic carbocycles. The summed E-state index contributed by atoms with van der Waals surface area (Å²) in [4.78, 5) is 10.7. The lowest BCUT2D eigenvalue weighted by molar-refractivity contribution is -0.134. The highest BCUT2D eigenvalue weighted by molar-refractivity contribution is 6.32. The zero-order valence-electron chi connectivity index (χ0n) is 9.68. The van der Waals surface area contributed by atoms with Crippen molar-refractivity contribution < 1.29 is 14.3 Å². The fourth-order valence-corrected chi connectivity index (χ4v) is 1.71. The van der Waals surface area contributed by atoms with E-state index in [0.29, 0.717) is 0 Å². The standard InChI is InChI=1S/C10H20O3Si/c1-7(8(11)12)10(5,6)13-14-9(2,3)4/h1,14H2,2-6H3,(H,11,12). The van der Waals surface area contributed by atoms with E-state index in [9.17, 15) is 4.79 Å². The molecule has 1 N–H and O–H groups in total. The van der Waals surface area contributed by atoms with E-state index in [1.807, 2.05) is 0 Å². The third kappa shape index (κ3) is 4.57. The Bertz CT molecular complexity index is 238. The van der Waals surface area contributed by atoms with E-state index in [4.69, 9.17) is 9.53 Å². The molecule has 0 saturated heterocycles. The van der Waals surface area contributed by atoms with Crippen LogP contribution in [0.4, 0.5) is 0 Å².